The number of carbonyl (C=O) groups is 2. The molecule has 0 bridgehead atoms. The Morgan fingerprint density at radius 1 is 1.64 bits per heavy atom. The van der Waals surface area contributed by atoms with E-state index < -0.39 is 5.97 Å². The van der Waals surface area contributed by atoms with Gasteiger partial charge in [0.2, 0.25) is 5.91 Å². The molecular formula is C8H11N3O3. The van der Waals surface area contributed by atoms with Crippen molar-refractivity contribution in [2.45, 2.75) is 13.5 Å². The largest absolute Gasteiger partial charge is 0.478 e. The van der Waals surface area contributed by atoms with Crippen LogP contribution in [0.4, 0.5) is 0 Å². The molecule has 0 saturated carbocycles. The molecule has 76 valence electrons. The van der Waals surface area contributed by atoms with Gasteiger partial charge in [-0.25, -0.2) is 4.79 Å². The Bertz CT molecular complexity index is 370. The molecule has 6 heteroatoms. The fourth-order valence-electron chi connectivity index (χ4n) is 1.04. The maximum absolute atomic E-state index is 11.0. The third-order valence-electron chi connectivity index (χ3n) is 1.76. The zero-order valence-corrected chi connectivity index (χ0v) is 7.94. The lowest BCUT2D eigenvalue weighted by molar-refractivity contribution is -0.121. The number of aryl methyl sites for hydroxylation is 1. The molecule has 2 N–H and O–H groups in total. The highest BCUT2D eigenvalue weighted by Crippen LogP contribution is 2.04. The number of nitrogens with zero attached hydrogens (tertiary/aromatic N) is 2. The maximum Gasteiger partial charge on any atom is 0.339 e. The lowest BCUT2D eigenvalue weighted by atomic mass is 10.3. The third-order valence-corrected chi connectivity index (χ3v) is 1.76. The Morgan fingerprint density at radius 3 is 2.71 bits per heavy atom. The van der Waals surface area contributed by atoms with Crippen molar-refractivity contribution in [3.63, 3.8) is 0 Å². The number of nitrogens with one attached hydrogen (secondary N) is 1. The summed E-state index contributed by atoms with van der Waals surface area (Å²) in [6.45, 7) is 1.62. The van der Waals surface area contributed by atoms with Crippen molar-refractivity contribution in [3.05, 3.63) is 17.5 Å². The fraction of sp³-hybridized carbons (Fsp3) is 0.375. The standard InChI is InChI=1S/C8H11N3O3/c1-5-6(8(13)14)3-11(10-5)4-7(12)9-2/h3H,4H2,1-2H3,(H,9,12)(H,13,14). The van der Waals surface area contributed by atoms with Crippen LogP contribution in [0.25, 0.3) is 0 Å². The molecule has 14 heavy (non-hydrogen) atoms. The van der Waals surface area contributed by atoms with Gasteiger partial charge in [0.25, 0.3) is 0 Å². The molecule has 0 aromatic carbocycles. The highest BCUT2D eigenvalue weighted by Gasteiger charge is 2.12. The van der Waals surface area contributed by atoms with E-state index in [1.54, 1.807) is 6.92 Å². The number of aromatic carboxylic acids is 1. The van der Waals surface area contributed by atoms with Crippen LogP contribution in [-0.2, 0) is 11.3 Å². The highest BCUT2D eigenvalue weighted by molar-refractivity contribution is 5.88. The van der Waals surface area contributed by atoms with Crippen molar-refractivity contribution in [2.75, 3.05) is 7.05 Å². The summed E-state index contributed by atoms with van der Waals surface area (Å²) in [6, 6.07) is 0. The summed E-state index contributed by atoms with van der Waals surface area (Å²) in [6.07, 6.45) is 1.34. The zero-order chi connectivity index (χ0) is 10.7. The first-order chi connectivity index (χ1) is 6.54. The first kappa shape index (κ1) is 10.2. The van der Waals surface area contributed by atoms with E-state index in [1.807, 2.05) is 0 Å². The number of rotatable bonds is 3. The van der Waals surface area contributed by atoms with Crippen LogP contribution in [0.15, 0.2) is 6.20 Å². The van der Waals surface area contributed by atoms with E-state index in [4.69, 9.17) is 5.11 Å². The molecule has 1 amide bonds. The van der Waals surface area contributed by atoms with E-state index >= 15 is 0 Å². The Balaban J connectivity index is 2.86. The monoisotopic (exact) mass is 197 g/mol. The Morgan fingerprint density at radius 2 is 2.29 bits per heavy atom. The minimum Gasteiger partial charge on any atom is -0.478 e. The summed E-state index contributed by atoms with van der Waals surface area (Å²) >= 11 is 0. The molecule has 0 spiro atoms. The second-order valence-corrected chi connectivity index (χ2v) is 2.80. The molecule has 0 saturated heterocycles. The minimum atomic E-state index is -1.04. The van der Waals surface area contributed by atoms with Crippen LogP contribution >= 0.6 is 0 Å². The van der Waals surface area contributed by atoms with Gasteiger partial charge in [-0.2, -0.15) is 5.10 Å². The van der Waals surface area contributed by atoms with Gasteiger partial charge in [-0.05, 0) is 6.92 Å². The Labute approximate surface area is 80.5 Å². The van der Waals surface area contributed by atoms with Crippen molar-refractivity contribution < 1.29 is 14.7 Å². The van der Waals surface area contributed by atoms with Crippen molar-refractivity contribution >= 4 is 11.9 Å². The summed E-state index contributed by atoms with van der Waals surface area (Å²) < 4.78 is 1.30. The summed E-state index contributed by atoms with van der Waals surface area (Å²) in [5, 5.41) is 15.0. The molecule has 0 aliphatic heterocycles. The summed E-state index contributed by atoms with van der Waals surface area (Å²) in [5.74, 6) is -1.25. The third kappa shape index (κ3) is 2.09. The molecule has 1 aromatic rings. The Hall–Kier alpha value is -1.85. The molecular weight excluding hydrogens is 186 g/mol. The quantitative estimate of drug-likeness (QED) is 0.692. The molecule has 1 rings (SSSR count). The summed E-state index contributed by atoms with van der Waals surface area (Å²) in [5.41, 5.74) is 0.523. The van der Waals surface area contributed by atoms with Gasteiger partial charge in [0, 0.05) is 13.2 Å². The van der Waals surface area contributed by atoms with Gasteiger partial charge < -0.3 is 10.4 Å². The van der Waals surface area contributed by atoms with Crippen LogP contribution in [0.5, 0.6) is 0 Å². The molecule has 6 nitrogen and oxygen atoms in total. The lowest BCUT2D eigenvalue weighted by Gasteiger charge is -1.98. The summed E-state index contributed by atoms with van der Waals surface area (Å²) in [7, 11) is 1.51. The van der Waals surface area contributed by atoms with Crippen molar-refractivity contribution in [2.24, 2.45) is 0 Å². The number of likely N-dealkylation sites (N-methyl/N-ethyl adjacent to an activating group) is 1. The van der Waals surface area contributed by atoms with E-state index in [1.165, 1.54) is 17.9 Å². The molecule has 0 aliphatic rings. The van der Waals surface area contributed by atoms with Crippen molar-refractivity contribution in [1.29, 1.82) is 0 Å². The first-order valence-corrected chi connectivity index (χ1v) is 4.02. The van der Waals surface area contributed by atoms with Gasteiger partial charge in [0.1, 0.15) is 12.1 Å². The number of hydrogen-bond acceptors (Lipinski definition) is 3. The molecule has 1 aromatic heterocycles. The average Bonchev–Trinajstić information content (AvgIpc) is 2.46. The van der Waals surface area contributed by atoms with Crippen LogP contribution in [0.2, 0.25) is 0 Å². The number of carboxylic acid groups (broad SMARTS) is 1. The van der Waals surface area contributed by atoms with Gasteiger partial charge in [0.15, 0.2) is 0 Å². The normalized spacial score (nSPS) is 9.86. The predicted molar refractivity (Wildman–Crippen MR) is 48.0 cm³/mol. The second-order valence-electron chi connectivity index (χ2n) is 2.80. The van der Waals surface area contributed by atoms with Crippen molar-refractivity contribution in [1.82, 2.24) is 15.1 Å². The smallest absolute Gasteiger partial charge is 0.339 e. The van der Waals surface area contributed by atoms with E-state index in [0.717, 1.165) is 0 Å². The minimum absolute atomic E-state index is 0.0324. The summed E-state index contributed by atoms with van der Waals surface area (Å²) in [4.78, 5) is 21.6. The number of amides is 1. The average molecular weight is 197 g/mol. The maximum atomic E-state index is 11.0. The van der Waals surface area contributed by atoms with Crippen LogP contribution < -0.4 is 5.32 Å². The lowest BCUT2D eigenvalue weighted by Crippen LogP contribution is -2.23. The number of aromatic nitrogens is 2. The number of carbonyl (C=O) groups excluding carboxylic acids is 1. The van der Waals surface area contributed by atoms with Gasteiger partial charge in [-0.3, -0.25) is 9.48 Å². The van der Waals surface area contributed by atoms with E-state index in [9.17, 15) is 9.59 Å². The van der Waals surface area contributed by atoms with Crippen molar-refractivity contribution in [3.8, 4) is 0 Å². The SMILES string of the molecule is CNC(=O)Cn1cc(C(=O)O)c(C)n1. The molecule has 0 atom stereocenters. The number of carboxylic acids is 1. The molecule has 0 unspecified atom stereocenters. The topological polar surface area (TPSA) is 84.2 Å². The van der Waals surface area contributed by atoms with E-state index in [-0.39, 0.29) is 18.0 Å². The second kappa shape index (κ2) is 3.91. The van der Waals surface area contributed by atoms with Crippen LogP contribution in [0.3, 0.4) is 0 Å². The van der Waals surface area contributed by atoms with Gasteiger partial charge in [-0.1, -0.05) is 0 Å². The fourth-order valence-corrected chi connectivity index (χ4v) is 1.04. The van der Waals surface area contributed by atoms with E-state index in [0.29, 0.717) is 5.69 Å². The predicted octanol–water partition coefficient (Wildman–Crippen LogP) is -0.364. The van der Waals surface area contributed by atoms with E-state index in [2.05, 4.69) is 10.4 Å². The zero-order valence-electron chi connectivity index (χ0n) is 7.94. The van der Waals surface area contributed by atoms with Crippen LogP contribution in [0.1, 0.15) is 16.1 Å². The number of hydrogen-bond donors (Lipinski definition) is 2. The molecule has 0 fully saturated rings. The van der Waals surface area contributed by atoms with Crippen LogP contribution in [0, 0.1) is 6.92 Å². The Kier molecular flexibility index (Phi) is 2.85. The van der Waals surface area contributed by atoms with Gasteiger partial charge in [-0.15, -0.1) is 0 Å². The van der Waals surface area contributed by atoms with Crippen LogP contribution in [-0.4, -0.2) is 33.8 Å². The first-order valence-electron chi connectivity index (χ1n) is 4.02. The molecule has 1 heterocycles. The highest BCUT2D eigenvalue weighted by atomic mass is 16.4. The molecule has 0 aliphatic carbocycles. The molecule has 0 radical (unpaired) electrons. The van der Waals surface area contributed by atoms with Gasteiger partial charge in [0.05, 0.1) is 5.69 Å². The van der Waals surface area contributed by atoms with Gasteiger partial charge >= 0.3 is 5.97 Å².